The van der Waals surface area contributed by atoms with Crippen LogP contribution in [0.2, 0.25) is 0 Å². The van der Waals surface area contributed by atoms with E-state index in [1.54, 1.807) is 7.11 Å². The van der Waals surface area contributed by atoms with Gasteiger partial charge in [0.25, 0.3) is 0 Å². The third kappa shape index (κ3) is 5.89. The number of rotatable bonds is 9. The second-order valence-corrected chi connectivity index (χ2v) is 12.0. The number of thiol groups is 1. The van der Waals surface area contributed by atoms with Crippen LogP contribution in [0.1, 0.15) is 59.3 Å². The van der Waals surface area contributed by atoms with Gasteiger partial charge in [0.05, 0.1) is 23.9 Å². The van der Waals surface area contributed by atoms with Gasteiger partial charge in [0.15, 0.2) is 0 Å². The summed E-state index contributed by atoms with van der Waals surface area (Å²) in [5.74, 6) is 0.303. The smallest absolute Gasteiger partial charge is 0.309 e. The summed E-state index contributed by atoms with van der Waals surface area (Å²) in [7, 11) is 1.64. The summed E-state index contributed by atoms with van der Waals surface area (Å²) < 4.78 is 17.0. The predicted molar refractivity (Wildman–Crippen MR) is 123 cm³/mol. The fourth-order valence-corrected chi connectivity index (χ4v) is 6.65. The Morgan fingerprint density at radius 2 is 1.53 bits per heavy atom. The van der Waals surface area contributed by atoms with Crippen molar-refractivity contribution in [3.63, 3.8) is 0 Å². The Hall–Kier alpha value is -0.400. The summed E-state index contributed by atoms with van der Waals surface area (Å²) in [6.07, 6.45) is 5.56. The van der Waals surface area contributed by atoms with E-state index in [4.69, 9.17) is 14.2 Å². The number of fused-ring (bicyclic) bond motifs is 1. The van der Waals surface area contributed by atoms with Crippen LogP contribution < -0.4 is 0 Å². The van der Waals surface area contributed by atoms with Crippen LogP contribution in [-0.4, -0.2) is 54.6 Å². The van der Waals surface area contributed by atoms with Crippen LogP contribution in [0, 0.1) is 29.1 Å². The zero-order chi connectivity index (χ0) is 21.9. The van der Waals surface area contributed by atoms with Crippen molar-refractivity contribution >= 4 is 36.3 Å². The van der Waals surface area contributed by atoms with E-state index in [1.807, 2.05) is 18.7 Å². The van der Waals surface area contributed by atoms with Gasteiger partial charge in [-0.15, -0.1) is 0 Å². The number of ether oxygens (including phenoxy) is 3. The number of hydrogen-bond acceptors (Lipinski definition) is 7. The van der Waals surface area contributed by atoms with E-state index in [2.05, 4.69) is 26.5 Å². The fraction of sp³-hybridized carbons (Fsp3) is 0.913. The zero-order valence-corrected chi connectivity index (χ0v) is 20.5. The van der Waals surface area contributed by atoms with Gasteiger partial charge in [-0.1, -0.05) is 20.8 Å². The van der Waals surface area contributed by atoms with Crippen molar-refractivity contribution in [1.29, 1.82) is 0 Å². The van der Waals surface area contributed by atoms with Gasteiger partial charge in [-0.3, -0.25) is 9.59 Å². The van der Waals surface area contributed by atoms with Gasteiger partial charge < -0.3 is 14.2 Å². The standard InChI is InChI=1S/C23H38O5S2/c1-5-23(11-26-4,12-27-21(24)17-9-16(29)7-6-14(17)2)13-28-22(25)18-10-20-19(30-20)8-15(18)3/h14-20,29H,5-13H2,1-4H3. The largest absolute Gasteiger partial charge is 0.465 e. The van der Waals surface area contributed by atoms with Crippen LogP contribution in [0.4, 0.5) is 0 Å². The van der Waals surface area contributed by atoms with Crippen LogP contribution in [0.25, 0.3) is 0 Å². The van der Waals surface area contributed by atoms with E-state index in [9.17, 15) is 9.59 Å². The maximum Gasteiger partial charge on any atom is 0.309 e. The second-order valence-electron chi connectivity index (χ2n) is 9.82. The molecule has 0 N–H and O–H groups in total. The summed E-state index contributed by atoms with van der Waals surface area (Å²) in [4.78, 5) is 25.6. The van der Waals surface area contributed by atoms with Crippen molar-refractivity contribution in [2.75, 3.05) is 26.9 Å². The van der Waals surface area contributed by atoms with Crippen LogP contribution in [0.5, 0.6) is 0 Å². The predicted octanol–water partition coefficient (Wildman–Crippen LogP) is 4.38. The lowest BCUT2D eigenvalue weighted by Crippen LogP contribution is -2.41. The van der Waals surface area contributed by atoms with Gasteiger partial charge in [-0.25, -0.2) is 0 Å². The molecule has 5 nitrogen and oxygen atoms in total. The Morgan fingerprint density at radius 3 is 2.13 bits per heavy atom. The van der Waals surface area contributed by atoms with Gasteiger partial charge in [0.1, 0.15) is 13.2 Å². The van der Waals surface area contributed by atoms with Gasteiger partial charge in [0, 0.05) is 22.9 Å². The Labute approximate surface area is 191 Å². The summed E-state index contributed by atoms with van der Waals surface area (Å²) in [6, 6.07) is 0. The first-order valence-electron chi connectivity index (χ1n) is 11.4. The highest BCUT2D eigenvalue weighted by Gasteiger charge is 2.49. The number of thioether (sulfide) groups is 1. The molecule has 0 amide bonds. The SMILES string of the molecule is CCC(COC)(COC(=O)C1CC(S)CCC1C)COC(=O)C1CC2SC2CC1C. The summed E-state index contributed by atoms with van der Waals surface area (Å²) in [5, 5.41) is 1.66. The molecule has 3 fully saturated rings. The van der Waals surface area contributed by atoms with Crippen molar-refractivity contribution < 1.29 is 23.8 Å². The van der Waals surface area contributed by atoms with E-state index in [1.165, 1.54) is 0 Å². The molecule has 8 unspecified atom stereocenters. The van der Waals surface area contributed by atoms with Crippen LogP contribution >= 0.6 is 24.4 Å². The Balaban J connectivity index is 1.55. The van der Waals surface area contributed by atoms with E-state index in [0.717, 1.165) is 37.4 Å². The first kappa shape index (κ1) is 24.2. The quantitative estimate of drug-likeness (QED) is 0.314. The van der Waals surface area contributed by atoms with E-state index < -0.39 is 5.41 Å². The third-order valence-corrected chi connectivity index (χ3v) is 9.38. The molecule has 1 aliphatic heterocycles. The lowest BCUT2D eigenvalue weighted by Gasteiger charge is -2.34. The van der Waals surface area contributed by atoms with Gasteiger partial charge in [0.2, 0.25) is 0 Å². The Kier molecular flexibility index (Phi) is 8.47. The molecule has 0 aromatic heterocycles. The Bertz CT molecular complexity index is 590. The maximum atomic E-state index is 12.8. The highest BCUT2D eigenvalue weighted by molar-refractivity contribution is 8.07. The molecule has 0 bridgehead atoms. The van der Waals surface area contributed by atoms with Crippen LogP contribution in [-0.2, 0) is 23.8 Å². The molecule has 8 atom stereocenters. The lowest BCUT2D eigenvalue weighted by molar-refractivity contribution is -0.165. The highest BCUT2D eigenvalue weighted by atomic mass is 32.2. The van der Waals surface area contributed by atoms with Crippen LogP contribution in [0.3, 0.4) is 0 Å². The molecule has 30 heavy (non-hydrogen) atoms. The van der Waals surface area contributed by atoms with Gasteiger partial charge >= 0.3 is 11.9 Å². The summed E-state index contributed by atoms with van der Waals surface area (Å²) >= 11 is 6.56. The molecule has 1 saturated heterocycles. The molecule has 2 saturated carbocycles. The molecule has 0 aromatic rings. The maximum absolute atomic E-state index is 12.8. The fourth-order valence-electron chi connectivity index (χ4n) is 4.96. The first-order valence-corrected chi connectivity index (χ1v) is 12.9. The second kappa shape index (κ2) is 10.5. The van der Waals surface area contributed by atoms with Gasteiger partial charge in [-0.05, 0) is 50.4 Å². The number of methoxy groups -OCH3 is 1. The minimum Gasteiger partial charge on any atom is -0.465 e. The summed E-state index contributed by atoms with van der Waals surface area (Å²) in [5.41, 5.74) is -0.507. The molecule has 0 radical (unpaired) electrons. The number of hydrogen-bond donors (Lipinski definition) is 1. The molecule has 172 valence electrons. The molecule has 7 heteroatoms. The van der Waals surface area contributed by atoms with Crippen molar-refractivity contribution in [1.82, 2.24) is 0 Å². The molecule has 0 aromatic carbocycles. The number of carbonyl (C=O) groups excluding carboxylic acids is 2. The highest BCUT2D eigenvalue weighted by Crippen LogP contribution is 2.54. The zero-order valence-electron chi connectivity index (χ0n) is 18.8. The van der Waals surface area contributed by atoms with E-state index in [-0.39, 0.29) is 42.2 Å². The Morgan fingerprint density at radius 1 is 0.933 bits per heavy atom. The molecule has 3 aliphatic rings. The van der Waals surface area contributed by atoms with Crippen molar-refractivity contribution in [3.8, 4) is 0 Å². The topological polar surface area (TPSA) is 61.8 Å². The summed E-state index contributed by atoms with van der Waals surface area (Å²) in [6.45, 7) is 7.13. The molecular formula is C23H38O5S2. The van der Waals surface area contributed by atoms with Crippen LogP contribution in [0.15, 0.2) is 0 Å². The number of esters is 2. The molecule has 2 aliphatic carbocycles. The molecule has 0 spiro atoms. The number of carbonyl (C=O) groups is 2. The van der Waals surface area contributed by atoms with Crippen molar-refractivity contribution in [3.05, 3.63) is 0 Å². The first-order chi connectivity index (χ1) is 14.3. The third-order valence-electron chi connectivity index (χ3n) is 7.48. The van der Waals surface area contributed by atoms with E-state index >= 15 is 0 Å². The molecule has 3 rings (SSSR count). The van der Waals surface area contributed by atoms with E-state index in [0.29, 0.717) is 30.1 Å². The van der Waals surface area contributed by atoms with Crippen molar-refractivity contribution in [2.45, 2.75) is 75.0 Å². The normalized spacial score (nSPS) is 37.6. The average Bonchev–Trinajstić information content (AvgIpc) is 3.49. The minimum atomic E-state index is -0.507. The average molecular weight is 459 g/mol. The van der Waals surface area contributed by atoms with Crippen molar-refractivity contribution in [2.24, 2.45) is 29.1 Å². The monoisotopic (exact) mass is 458 g/mol. The lowest BCUT2D eigenvalue weighted by atomic mass is 9.80. The van der Waals surface area contributed by atoms with Gasteiger partial charge in [-0.2, -0.15) is 24.4 Å². The minimum absolute atomic E-state index is 0.0173. The molecule has 1 heterocycles. The molecular weight excluding hydrogens is 420 g/mol.